The number of carbonyl (C=O) groups is 2. The Morgan fingerprint density at radius 3 is 2.56 bits per heavy atom. The summed E-state index contributed by atoms with van der Waals surface area (Å²) in [5, 5.41) is -0.338. The van der Waals surface area contributed by atoms with E-state index in [9.17, 15) is 14.0 Å². The van der Waals surface area contributed by atoms with Gasteiger partial charge >= 0.3 is 0 Å². The van der Waals surface area contributed by atoms with Gasteiger partial charge in [-0.25, -0.2) is 4.39 Å². The largest absolute Gasteiger partial charge is 0.493 e. The lowest BCUT2D eigenvalue weighted by molar-refractivity contribution is -0.123. The Morgan fingerprint density at radius 1 is 1.12 bits per heavy atom. The lowest BCUT2D eigenvalue weighted by Crippen LogP contribution is -2.27. The van der Waals surface area contributed by atoms with Crippen LogP contribution in [0.5, 0.6) is 5.75 Å². The zero-order chi connectivity index (χ0) is 17.8. The first kappa shape index (κ1) is 17.2. The van der Waals surface area contributed by atoms with E-state index in [1.807, 2.05) is 31.2 Å². The lowest BCUT2D eigenvalue weighted by Gasteiger charge is -2.12. The Morgan fingerprint density at radius 2 is 1.84 bits per heavy atom. The van der Waals surface area contributed by atoms with Crippen LogP contribution < -0.4 is 4.74 Å². The Balaban J connectivity index is 1.82. The third kappa shape index (κ3) is 3.91. The van der Waals surface area contributed by atoms with E-state index in [4.69, 9.17) is 4.74 Å². The summed E-state index contributed by atoms with van der Waals surface area (Å²) in [6, 6.07) is 13.1. The van der Waals surface area contributed by atoms with Crippen molar-refractivity contribution in [2.45, 2.75) is 13.5 Å². The van der Waals surface area contributed by atoms with E-state index >= 15 is 0 Å². The van der Waals surface area contributed by atoms with Gasteiger partial charge in [0.25, 0.3) is 11.1 Å². The minimum atomic E-state index is -0.356. The van der Waals surface area contributed by atoms with Crippen LogP contribution in [-0.4, -0.2) is 22.7 Å². The van der Waals surface area contributed by atoms with Crippen molar-refractivity contribution in [2.75, 3.05) is 6.61 Å². The van der Waals surface area contributed by atoms with Gasteiger partial charge in [-0.15, -0.1) is 0 Å². The average molecular weight is 357 g/mol. The van der Waals surface area contributed by atoms with Gasteiger partial charge in [0, 0.05) is 5.56 Å². The van der Waals surface area contributed by atoms with Gasteiger partial charge in [-0.05, 0) is 48.5 Å². The van der Waals surface area contributed by atoms with Crippen molar-refractivity contribution in [2.24, 2.45) is 0 Å². The third-order valence-electron chi connectivity index (χ3n) is 3.63. The molecule has 1 saturated heterocycles. The highest BCUT2D eigenvalue weighted by Crippen LogP contribution is 2.34. The van der Waals surface area contributed by atoms with E-state index in [0.717, 1.165) is 22.2 Å². The number of rotatable bonds is 5. The van der Waals surface area contributed by atoms with Crippen molar-refractivity contribution < 1.29 is 18.7 Å². The Labute approximate surface area is 149 Å². The molecule has 3 rings (SSSR count). The van der Waals surface area contributed by atoms with Crippen molar-refractivity contribution in [1.82, 2.24) is 4.90 Å². The number of carbonyl (C=O) groups excluding carboxylic acids is 2. The second kappa shape index (κ2) is 7.53. The molecule has 2 aromatic carbocycles. The van der Waals surface area contributed by atoms with Gasteiger partial charge in [-0.2, -0.15) is 0 Å². The summed E-state index contributed by atoms with van der Waals surface area (Å²) in [6.07, 6.45) is 1.67. The smallest absolute Gasteiger partial charge is 0.293 e. The molecule has 1 aliphatic heterocycles. The second-order valence-electron chi connectivity index (χ2n) is 5.37. The summed E-state index contributed by atoms with van der Waals surface area (Å²) in [6.45, 7) is 2.51. The molecule has 25 heavy (non-hydrogen) atoms. The van der Waals surface area contributed by atoms with Gasteiger partial charge in [-0.1, -0.05) is 30.3 Å². The molecule has 1 heterocycles. The minimum absolute atomic E-state index is 0.120. The van der Waals surface area contributed by atoms with Gasteiger partial charge in [-0.3, -0.25) is 14.5 Å². The third-order valence-corrected chi connectivity index (χ3v) is 4.54. The Hall–Kier alpha value is -2.60. The number of hydrogen-bond donors (Lipinski definition) is 0. The fourth-order valence-electron chi connectivity index (χ4n) is 2.44. The molecule has 4 nitrogen and oxygen atoms in total. The van der Waals surface area contributed by atoms with E-state index in [2.05, 4.69) is 0 Å². The molecule has 0 N–H and O–H groups in total. The Kier molecular flexibility index (Phi) is 5.19. The fourth-order valence-corrected chi connectivity index (χ4v) is 3.27. The van der Waals surface area contributed by atoms with Crippen LogP contribution in [0.1, 0.15) is 18.1 Å². The Bertz CT molecular complexity index is 833. The first-order valence-electron chi connectivity index (χ1n) is 7.80. The molecule has 0 aromatic heterocycles. The highest BCUT2D eigenvalue weighted by molar-refractivity contribution is 8.18. The summed E-state index contributed by atoms with van der Waals surface area (Å²) in [5.74, 6) is -0.0497. The van der Waals surface area contributed by atoms with E-state index in [0.29, 0.717) is 22.8 Å². The topological polar surface area (TPSA) is 46.6 Å². The van der Waals surface area contributed by atoms with Crippen LogP contribution in [0.15, 0.2) is 53.4 Å². The quantitative estimate of drug-likeness (QED) is 0.741. The standard InChI is InChI=1S/C19H16FNO3S/c1-2-24-16-6-4-3-5-14(16)11-17-18(22)21(19(23)25-17)12-13-7-9-15(20)10-8-13/h3-11H,2,12H2,1H3/b17-11+. The van der Waals surface area contributed by atoms with Crippen LogP contribution in [0, 0.1) is 5.82 Å². The number of thioether (sulfide) groups is 1. The summed E-state index contributed by atoms with van der Waals surface area (Å²) < 4.78 is 18.5. The number of imide groups is 1. The SMILES string of the molecule is CCOc1ccccc1/C=C1/SC(=O)N(Cc2ccc(F)cc2)C1=O. The molecule has 0 saturated carbocycles. The molecule has 2 amide bonds. The highest BCUT2D eigenvalue weighted by Gasteiger charge is 2.35. The van der Waals surface area contributed by atoms with Crippen LogP contribution in [0.2, 0.25) is 0 Å². The van der Waals surface area contributed by atoms with Crippen molar-refractivity contribution in [3.05, 3.63) is 70.4 Å². The van der Waals surface area contributed by atoms with Gasteiger partial charge < -0.3 is 4.74 Å². The maximum atomic E-state index is 13.0. The minimum Gasteiger partial charge on any atom is -0.493 e. The van der Waals surface area contributed by atoms with Gasteiger partial charge in [0.2, 0.25) is 0 Å². The molecule has 0 aliphatic carbocycles. The monoisotopic (exact) mass is 357 g/mol. The molecule has 0 unspecified atom stereocenters. The zero-order valence-electron chi connectivity index (χ0n) is 13.6. The van der Waals surface area contributed by atoms with Crippen LogP contribution in [0.3, 0.4) is 0 Å². The van der Waals surface area contributed by atoms with E-state index in [1.54, 1.807) is 18.2 Å². The highest BCUT2D eigenvalue weighted by atomic mass is 32.2. The molecule has 1 aliphatic rings. The molecule has 1 fully saturated rings. The zero-order valence-corrected chi connectivity index (χ0v) is 14.4. The van der Waals surface area contributed by atoms with Gasteiger partial charge in [0.05, 0.1) is 18.1 Å². The first-order chi connectivity index (χ1) is 12.1. The molecular weight excluding hydrogens is 341 g/mol. The van der Waals surface area contributed by atoms with Crippen LogP contribution >= 0.6 is 11.8 Å². The van der Waals surface area contributed by atoms with Crippen molar-refractivity contribution in [3.8, 4) is 5.75 Å². The average Bonchev–Trinajstić information content (AvgIpc) is 2.86. The number of amides is 2. The molecule has 0 bridgehead atoms. The van der Waals surface area contributed by atoms with Crippen molar-refractivity contribution in [3.63, 3.8) is 0 Å². The molecule has 128 valence electrons. The molecule has 2 aromatic rings. The first-order valence-corrected chi connectivity index (χ1v) is 8.61. The van der Waals surface area contributed by atoms with Crippen LogP contribution in [0.25, 0.3) is 6.08 Å². The van der Waals surface area contributed by atoms with Crippen LogP contribution in [-0.2, 0) is 11.3 Å². The normalized spacial score (nSPS) is 15.9. The maximum Gasteiger partial charge on any atom is 0.293 e. The van der Waals surface area contributed by atoms with Gasteiger partial charge in [0.1, 0.15) is 11.6 Å². The van der Waals surface area contributed by atoms with Crippen LogP contribution in [0.4, 0.5) is 9.18 Å². The second-order valence-corrected chi connectivity index (χ2v) is 6.36. The summed E-state index contributed by atoms with van der Waals surface area (Å²) >= 11 is 0.895. The number of halogens is 1. The van der Waals surface area contributed by atoms with E-state index < -0.39 is 0 Å². The molecule has 0 atom stereocenters. The number of para-hydroxylation sites is 1. The van der Waals surface area contributed by atoms with E-state index in [-0.39, 0.29) is 23.5 Å². The summed E-state index contributed by atoms with van der Waals surface area (Å²) in [7, 11) is 0. The van der Waals surface area contributed by atoms with Crippen molar-refractivity contribution in [1.29, 1.82) is 0 Å². The van der Waals surface area contributed by atoms with Crippen molar-refractivity contribution >= 4 is 29.0 Å². The molecule has 0 radical (unpaired) electrons. The summed E-state index contributed by atoms with van der Waals surface area (Å²) in [5.41, 5.74) is 1.44. The van der Waals surface area contributed by atoms with E-state index in [1.165, 1.54) is 12.1 Å². The lowest BCUT2D eigenvalue weighted by atomic mass is 10.1. The summed E-state index contributed by atoms with van der Waals surface area (Å²) in [4.78, 5) is 26.3. The molecule has 6 heteroatoms. The molecule has 0 spiro atoms. The predicted molar refractivity (Wildman–Crippen MR) is 95.5 cm³/mol. The number of benzene rings is 2. The number of ether oxygens (including phenoxy) is 1. The predicted octanol–water partition coefficient (Wildman–Crippen LogP) is 4.46. The molecular formula is C19H16FNO3S. The fraction of sp³-hybridized carbons (Fsp3) is 0.158. The number of nitrogens with zero attached hydrogens (tertiary/aromatic N) is 1. The maximum absolute atomic E-state index is 13.0. The van der Waals surface area contributed by atoms with Gasteiger partial charge in [0.15, 0.2) is 0 Å². The number of hydrogen-bond acceptors (Lipinski definition) is 4.